The number of hydrogen-bond acceptors (Lipinski definition) is 2. The van der Waals surface area contributed by atoms with Crippen molar-refractivity contribution >= 4 is 18.7 Å². The lowest BCUT2D eigenvalue weighted by Gasteiger charge is -1.97. The molecule has 1 atom stereocenters. The fourth-order valence-corrected chi connectivity index (χ4v) is 1.16. The SMILES string of the molecule is CCP(O)SC. The molecule has 0 rings (SSSR count). The molecule has 0 saturated carbocycles. The molecule has 3 heteroatoms. The Bertz CT molecular complexity index is 30.0. The number of hydrogen-bond donors (Lipinski definition) is 1. The van der Waals surface area contributed by atoms with E-state index in [1.807, 2.05) is 13.2 Å². The summed E-state index contributed by atoms with van der Waals surface area (Å²) >= 11 is 1.55. The molecular formula is C3H9OPS. The second-order valence-electron chi connectivity index (χ2n) is 0.851. The predicted octanol–water partition coefficient (Wildman–Crippen LogP) is 1.67. The van der Waals surface area contributed by atoms with Gasteiger partial charge in [-0.15, -0.1) is 11.4 Å². The van der Waals surface area contributed by atoms with E-state index in [4.69, 9.17) is 4.89 Å². The van der Waals surface area contributed by atoms with E-state index in [0.29, 0.717) is 0 Å². The van der Waals surface area contributed by atoms with Gasteiger partial charge in [0.15, 0.2) is 0 Å². The standard InChI is InChI=1S/C3H9OPS/c1-3-5(4)6-2/h4H,3H2,1-2H3. The van der Waals surface area contributed by atoms with Crippen molar-refractivity contribution in [1.29, 1.82) is 0 Å². The fraction of sp³-hybridized carbons (Fsp3) is 1.00. The summed E-state index contributed by atoms with van der Waals surface area (Å²) in [6.45, 7) is 1.99. The third-order valence-electron chi connectivity index (χ3n) is 0.481. The quantitative estimate of drug-likeness (QED) is 0.565. The number of rotatable bonds is 2. The van der Waals surface area contributed by atoms with Gasteiger partial charge in [0.25, 0.3) is 0 Å². The van der Waals surface area contributed by atoms with Crippen LogP contribution in [0.3, 0.4) is 0 Å². The molecule has 1 unspecified atom stereocenters. The maximum Gasteiger partial charge on any atom is 0.0842 e. The third kappa shape index (κ3) is 2.95. The van der Waals surface area contributed by atoms with E-state index in [2.05, 4.69) is 0 Å². The zero-order valence-corrected chi connectivity index (χ0v) is 5.72. The second-order valence-corrected chi connectivity index (χ2v) is 4.91. The molecule has 0 saturated heterocycles. The van der Waals surface area contributed by atoms with Crippen LogP contribution in [0.4, 0.5) is 0 Å². The van der Waals surface area contributed by atoms with Gasteiger partial charge in [0, 0.05) is 0 Å². The zero-order chi connectivity index (χ0) is 4.99. The molecule has 1 N–H and O–H groups in total. The van der Waals surface area contributed by atoms with Crippen molar-refractivity contribution < 1.29 is 4.89 Å². The smallest absolute Gasteiger partial charge is 0.0842 e. The summed E-state index contributed by atoms with van der Waals surface area (Å²) in [5.74, 6) is 0. The lowest BCUT2D eigenvalue weighted by molar-refractivity contribution is 0.642. The molecule has 6 heavy (non-hydrogen) atoms. The van der Waals surface area contributed by atoms with Crippen molar-refractivity contribution in [3.05, 3.63) is 0 Å². The summed E-state index contributed by atoms with van der Waals surface area (Å²) in [5.41, 5.74) is 0. The van der Waals surface area contributed by atoms with Crippen molar-refractivity contribution in [1.82, 2.24) is 0 Å². The molecule has 0 radical (unpaired) electrons. The Hall–Kier alpha value is 0.740. The molecule has 0 bridgehead atoms. The van der Waals surface area contributed by atoms with Crippen LogP contribution in [0.1, 0.15) is 6.92 Å². The van der Waals surface area contributed by atoms with E-state index < -0.39 is 7.35 Å². The average Bonchev–Trinajstić information content (AvgIpc) is 1.65. The van der Waals surface area contributed by atoms with Crippen LogP contribution in [0.25, 0.3) is 0 Å². The summed E-state index contributed by atoms with van der Waals surface area (Å²) in [4.78, 5) is 8.69. The molecular weight excluding hydrogens is 115 g/mol. The summed E-state index contributed by atoms with van der Waals surface area (Å²) < 4.78 is 0. The first kappa shape index (κ1) is 6.74. The molecule has 0 aliphatic carbocycles. The molecule has 0 aromatic rings. The first-order chi connectivity index (χ1) is 2.81. The molecule has 0 spiro atoms. The van der Waals surface area contributed by atoms with Gasteiger partial charge in [-0.25, -0.2) is 0 Å². The second kappa shape index (κ2) is 3.91. The Labute approximate surface area is 43.7 Å². The van der Waals surface area contributed by atoms with Crippen LogP contribution in [0.5, 0.6) is 0 Å². The van der Waals surface area contributed by atoms with E-state index in [9.17, 15) is 0 Å². The third-order valence-corrected chi connectivity index (χ3v) is 3.48. The first-order valence-corrected chi connectivity index (χ1v) is 5.12. The molecule has 0 aliphatic rings. The average molecular weight is 124 g/mol. The summed E-state index contributed by atoms with van der Waals surface area (Å²) in [6.07, 6.45) is 2.84. The van der Waals surface area contributed by atoms with Crippen LogP contribution < -0.4 is 0 Å². The highest BCUT2D eigenvalue weighted by atomic mass is 32.7. The van der Waals surface area contributed by atoms with Gasteiger partial charge < -0.3 is 4.89 Å². The molecule has 0 aliphatic heterocycles. The maximum absolute atomic E-state index is 8.69. The van der Waals surface area contributed by atoms with Crippen molar-refractivity contribution in [2.75, 3.05) is 12.4 Å². The Morgan fingerprint density at radius 1 is 1.83 bits per heavy atom. The fourth-order valence-electron chi connectivity index (χ4n) is 0.129. The molecule has 1 nitrogen and oxygen atoms in total. The van der Waals surface area contributed by atoms with Crippen LogP contribution in [-0.4, -0.2) is 17.3 Å². The minimum absolute atomic E-state index is 0.659. The Morgan fingerprint density at radius 3 is 2.33 bits per heavy atom. The van der Waals surface area contributed by atoms with Crippen LogP contribution in [0.15, 0.2) is 0 Å². The van der Waals surface area contributed by atoms with Gasteiger partial charge in [0.05, 0.1) is 7.35 Å². The molecule has 38 valence electrons. The van der Waals surface area contributed by atoms with E-state index in [1.54, 1.807) is 11.4 Å². The molecule has 0 heterocycles. The highest BCUT2D eigenvalue weighted by molar-refractivity contribution is 8.53. The minimum Gasteiger partial charge on any atom is -0.363 e. The van der Waals surface area contributed by atoms with E-state index in [0.717, 1.165) is 6.16 Å². The van der Waals surface area contributed by atoms with Gasteiger partial charge >= 0.3 is 0 Å². The lowest BCUT2D eigenvalue weighted by atomic mass is 11.0. The molecule has 0 fully saturated rings. The predicted molar refractivity (Wildman–Crippen MR) is 33.2 cm³/mol. The van der Waals surface area contributed by atoms with Gasteiger partial charge in [0.1, 0.15) is 0 Å². The molecule has 0 amide bonds. The molecule has 0 aromatic carbocycles. The Kier molecular flexibility index (Phi) is 4.40. The Morgan fingerprint density at radius 2 is 2.33 bits per heavy atom. The maximum atomic E-state index is 8.69. The van der Waals surface area contributed by atoms with Crippen molar-refractivity contribution in [3.8, 4) is 0 Å². The van der Waals surface area contributed by atoms with E-state index in [-0.39, 0.29) is 0 Å². The minimum atomic E-state index is -0.659. The van der Waals surface area contributed by atoms with Gasteiger partial charge in [-0.1, -0.05) is 6.92 Å². The summed E-state index contributed by atoms with van der Waals surface area (Å²) in [5, 5.41) is 0. The van der Waals surface area contributed by atoms with Crippen molar-refractivity contribution in [3.63, 3.8) is 0 Å². The Balaban J connectivity index is 2.75. The first-order valence-electron chi connectivity index (χ1n) is 1.81. The van der Waals surface area contributed by atoms with Crippen LogP contribution in [-0.2, 0) is 0 Å². The van der Waals surface area contributed by atoms with Crippen LogP contribution >= 0.6 is 18.7 Å². The summed E-state index contributed by atoms with van der Waals surface area (Å²) in [6, 6.07) is 0. The van der Waals surface area contributed by atoms with Crippen molar-refractivity contribution in [2.45, 2.75) is 6.92 Å². The van der Waals surface area contributed by atoms with Gasteiger partial charge in [-0.3, -0.25) is 0 Å². The lowest BCUT2D eigenvalue weighted by Crippen LogP contribution is -1.64. The monoisotopic (exact) mass is 124 g/mol. The topological polar surface area (TPSA) is 20.2 Å². The van der Waals surface area contributed by atoms with Crippen molar-refractivity contribution in [2.24, 2.45) is 0 Å². The van der Waals surface area contributed by atoms with Crippen LogP contribution in [0.2, 0.25) is 0 Å². The van der Waals surface area contributed by atoms with Gasteiger partial charge in [-0.2, -0.15) is 0 Å². The van der Waals surface area contributed by atoms with Gasteiger partial charge in [0.2, 0.25) is 0 Å². The van der Waals surface area contributed by atoms with E-state index in [1.165, 1.54) is 0 Å². The normalized spacial score (nSPS) is 14.5. The van der Waals surface area contributed by atoms with E-state index >= 15 is 0 Å². The molecule has 0 aromatic heterocycles. The zero-order valence-electron chi connectivity index (χ0n) is 4.01. The highest BCUT2D eigenvalue weighted by Crippen LogP contribution is 2.42. The van der Waals surface area contributed by atoms with Crippen LogP contribution in [0, 0.1) is 0 Å². The van der Waals surface area contributed by atoms with Gasteiger partial charge in [-0.05, 0) is 12.4 Å². The largest absolute Gasteiger partial charge is 0.363 e. The summed E-state index contributed by atoms with van der Waals surface area (Å²) in [7, 11) is -0.659. The highest BCUT2D eigenvalue weighted by Gasteiger charge is 1.91.